The molecule has 1 N–H and O–H groups in total. The summed E-state index contributed by atoms with van der Waals surface area (Å²) >= 11 is 3.41. The van der Waals surface area contributed by atoms with Crippen LogP contribution in [0, 0.1) is 5.92 Å². The molecule has 1 aromatic rings. The molecule has 1 aliphatic heterocycles. The van der Waals surface area contributed by atoms with E-state index in [0.717, 1.165) is 30.8 Å². The Hall–Kier alpha value is 0.130. The second-order valence-electron chi connectivity index (χ2n) is 5.03. The van der Waals surface area contributed by atoms with Crippen LogP contribution in [-0.4, -0.2) is 36.1 Å². The summed E-state index contributed by atoms with van der Waals surface area (Å²) in [7, 11) is 0. The standard InChI is InChI=1S/C14H22BrN3.2ClH/c1-3-11(2)14(18-8-6-16-7-9-18)12-4-5-13(15)17-10-12;;/h4-5,10-11,14,16H,3,6-9H2,1-2H3;2*1H/t11?,14-;;/m0../s1. The van der Waals surface area contributed by atoms with Gasteiger partial charge in [0.25, 0.3) is 0 Å². The largest absolute Gasteiger partial charge is 0.314 e. The van der Waals surface area contributed by atoms with E-state index in [1.54, 1.807) is 0 Å². The van der Waals surface area contributed by atoms with E-state index in [9.17, 15) is 0 Å². The second kappa shape index (κ2) is 9.96. The summed E-state index contributed by atoms with van der Waals surface area (Å²) < 4.78 is 0.912. The fraction of sp³-hybridized carbons (Fsp3) is 0.643. The lowest BCUT2D eigenvalue weighted by molar-refractivity contribution is 0.128. The van der Waals surface area contributed by atoms with E-state index < -0.39 is 0 Å². The van der Waals surface area contributed by atoms with Gasteiger partial charge < -0.3 is 5.32 Å². The number of nitrogens with one attached hydrogen (secondary N) is 1. The quantitative estimate of drug-likeness (QED) is 0.802. The van der Waals surface area contributed by atoms with Crippen LogP contribution in [0.2, 0.25) is 0 Å². The maximum Gasteiger partial charge on any atom is 0.106 e. The van der Waals surface area contributed by atoms with Gasteiger partial charge in [0.15, 0.2) is 0 Å². The average molecular weight is 385 g/mol. The molecule has 20 heavy (non-hydrogen) atoms. The Morgan fingerprint density at radius 3 is 2.45 bits per heavy atom. The van der Waals surface area contributed by atoms with Gasteiger partial charge in [-0.3, -0.25) is 4.90 Å². The van der Waals surface area contributed by atoms with E-state index in [4.69, 9.17) is 0 Å². The number of pyridine rings is 1. The van der Waals surface area contributed by atoms with Gasteiger partial charge >= 0.3 is 0 Å². The van der Waals surface area contributed by atoms with Crippen LogP contribution < -0.4 is 5.32 Å². The lowest BCUT2D eigenvalue weighted by Gasteiger charge is -2.38. The molecule has 0 aliphatic carbocycles. The van der Waals surface area contributed by atoms with Crippen molar-refractivity contribution in [2.24, 2.45) is 5.92 Å². The van der Waals surface area contributed by atoms with Gasteiger partial charge in [-0.25, -0.2) is 4.98 Å². The van der Waals surface area contributed by atoms with Crippen LogP contribution in [0.25, 0.3) is 0 Å². The van der Waals surface area contributed by atoms with Crippen molar-refractivity contribution in [1.29, 1.82) is 0 Å². The molecule has 1 aliphatic rings. The first-order chi connectivity index (χ1) is 8.72. The third-order valence-electron chi connectivity index (χ3n) is 3.82. The molecule has 6 heteroatoms. The summed E-state index contributed by atoms with van der Waals surface area (Å²) in [4.78, 5) is 6.98. The molecule has 3 nitrogen and oxygen atoms in total. The van der Waals surface area contributed by atoms with Crippen LogP contribution in [0.5, 0.6) is 0 Å². The van der Waals surface area contributed by atoms with Gasteiger partial charge in [0.05, 0.1) is 0 Å². The Bertz CT molecular complexity index is 369. The van der Waals surface area contributed by atoms with Crippen molar-refractivity contribution < 1.29 is 0 Å². The van der Waals surface area contributed by atoms with Crippen molar-refractivity contribution in [3.8, 4) is 0 Å². The Morgan fingerprint density at radius 2 is 1.95 bits per heavy atom. The van der Waals surface area contributed by atoms with E-state index in [2.05, 4.69) is 51.0 Å². The Morgan fingerprint density at radius 1 is 1.30 bits per heavy atom. The molecule has 2 atom stereocenters. The monoisotopic (exact) mass is 383 g/mol. The van der Waals surface area contributed by atoms with Crippen LogP contribution in [0.15, 0.2) is 22.9 Å². The van der Waals surface area contributed by atoms with Crippen molar-refractivity contribution >= 4 is 40.7 Å². The van der Waals surface area contributed by atoms with Crippen molar-refractivity contribution in [3.63, 3.8) is 0 Å². The first-order valence-electron chi connectivity index (χ1n) is 6.78. The van der Waals surface area contributed by atoms with Crippen molar-refractivity contribution in [3.05, 3.63) is 28.5 Å². The number of aromatic nitrogens is 1. The lowest BCUT2D eigenvalue weighted by Crippen LogP contribution is -2.46. The van der Waals surface area contributed by atoms with Gasteiger partial charge in [0, 0.05) is 38.4 Å². The molecule has 0 spiro atoms. The zero-order valence-electron chi connectivity index (χ0n) is 12.0. The number of nitrogens with zero attached hydrogens (tertiary/aromatic N) is 2. The summed E-state index contributed by atoms with van der Waals surface area (Å²) in [6.45, 7) is 9.06. The predicted octanol–water partition coefficient (Wildman–Crippen LogP) is 3.68. The molecule has 0 radical (unpaired) electrons. The molecule has 0 aromatic carbocycles. The van der Waals surface area contributed by atoms with Crippen LogP contribution in [0.1, 0.15) is 31.9 Å². The van der Waals surface area contributed by atoms with E-state index in [1.165, 1.54) is 12.0 Å². The Kier molecular flexibility index (Phi) is 10.0. The zero-order valence-corrected chi connectivity index (χ0v) is 15.2. The molecule has 0 saturated carbocycles. The SMILES string of the molecule is CCC(C)[C@@H](c1ccc(Br)nc1)N1CCNCC1.Cl.Cl. The summed E-state index contributed by atoms with van der Waals surface area (Å²) in [5.74, 6) is 0.658. The highest BCUT2D eigenvalue weighted by Gasteiger charge is 2.26. The minimum atomic E-state index is 0. The number of halogens is 3. The van der Waals surface area contributed by atoms with E-state index in [-0.39, 0.29) is 24.8 Å². The van der Waals surface area contributed by atoms with Crippen LogP contribution in [-0.2, 0) is 0 Å². The number of piperazine rings is 1. The third-order valence-corrected chi connectivity index (χ3v) is 4.29. The van der Waals surface area contributed by atoms with Gasteiger partial charge in [-0.05, 0) is 33.5 Å². The fourth-order valence-corrected chi connectivity index (χ4v) is 2.88. The minimum absolute atomic E-state index is 0. The molecule has 116 valence electrons. The summed E-state index contributed by atoms with van der Waals surface area (Å²) in [6.07, 6.45) is 3.22. The lowest BCUT2D eigenvalue weighted by atomic mass is 9.91. The maximum absolute atomic E-state index is 4.39. The van der Waals surface area contributed by atoms with Gasteiger partial charge in [-0.1, -0.05) is 26.3 Å². The maximum atomic E-state index is 4.39. The van der Waals surface area contributed by atoms with Crippen LogP contribution in [0.3, 0.4) is 0 Å². The predicted molar refractivity (Wildman–Crippen MR) is 93.1 cm³/mol. The molecule has 1 unspecified atom stereocenters. The van der Waals surface area contributed by atoms with Crippen LogP contribution in [0.4, 0.5) is 0 Å². The number of rotatable bonds is 4. The van der Waals surface area contributed by atoms with Crippen molar-refractivity contribution in [2.45, 2.75) is 26.3 Å². The van der Waals surface area contributed by atoms with E-state index >= 15 is 0 Å². The minimum Gasteiger partial charge on any atom is -0.314 e. The molecule has 1 saturated heterocycles. The Balaban J connectivity index is 0.00000180. The van der Waals surface area contributed by atoms with E-state index in [1.807, 2.05) is 12.3 Å². The normalized spacial score (nSPS) is 18.6. The molecule has 1 fully saturated rings. The highest BCUT2D eigenvalue weighted by atomic mass is 79.9. The molecule has 2 rings (SSSR count). The number of hydrogen-bond acceptors (Lipinski definition) is 3. The molecule has 0 amide bonds. The molecule has 1 aromatic heterocycles. The Labute approximate surface area is 142 Å². The van der Waals surface area contributed by atoms with Gasteiger partial charge in [0.1, 0.15) is 4.60 Å². The van der Waals surface area contributed by atoms with Crippen LogP contribution >= 0.6 is 40.7 Å². The highest BCUT2D eigenvalue weighted by molar-refractivity contribution is 9.10. The molecule has 0 bridgehead atoms. The number of hydrogen-bond donors (Lipinski definition) is 1. The smallest absolute Gasteiger partial charge is 0.106 e. The van der Waals surface area contributed by atoms with Gasteiger partial charge in [0.2, 0.25) is 0 Å². The topological polar surface area (TPSA) is 28.2 Å². The zero-order chi connectivity index (χ0) is 13.0. The average Bonchev–Trinajstić information content (AvgIpc) is 2.42. The second-order valence-corrected chi connectivity index (χ2v) is 5.84. The van der Waals surface area contributed by atoms with Crippen molar-refractivity contribution in [2.75, 3.05) is 26.2 Å². The summed E-state index contributed by atoms with van der Waals surface area (Å²) in [6, 6.07) is 4.75. The highest BCUT2D eigenvalue weighted by Crippen LogP contribution is 2.30. The first-order valence-corrected chi connectivity index (χ1v) is 7.58. The van der Waals surface area contributed by atoms with E-state index in [0.29, 0.717) is 12.0 Å². The first kappa shape index (κ1) is 20.1. The fourth-order valence-electron chi connectivity index (χ4n) is 2.65. The molecular formula is C14H24BrCl2N3. The third kappa shape index (κ3) is 5.15. The van der Waals surface area contributed by atoms with Crippen molar-refractivity contribution in [1.82, 2.24) is 15.2 Å². The molecule has 2 heterocycles. The van der Waals surface area contributed by atoms with Gasteiger partial charge in [-0.15, -0.1) is 24.8 Å². The summed E-state index contributed by atoms with van der Waals surface area (Å²) in [5, 5.41) is 3.42. The molecular weight excluding hydrogens is 361 g/mol. The van der Waals surface area contributed by atoms with Gasteiger partial charge in [-0.2, -0.15) is 0 Å². The summed E-state index contributed by atoms with van der Waals surface area (Å²) in [5.41, 5.74) is 1.34.